The SMILES string of the molecule is OCc1noc(-c2cc(Br)c(Br)s2)n1. The first-order valence-corrected chi connectivity index (χ1v) is 5.99. The summed E-state index contributed by atoms with van der Waals surface area (Å²) in [5.74, 6) is 0.714. The number of hydrogen-bond donors (Lipinski definition) is 1. The number of thiophene rings is 1. The molecular formula is C7H4Br2N2O2S. The molecule has 0 aliphatic heterocycles. The Morgan fingerprint density at radius 2 is 2.29 bits per heavy atom. The van der Waals surface area contributed by atoms with Crippen molar-refractivity contribution in [2.24, 2.45) is 0 Å². The van der Waals surface area contributed by atoms with E-state index in [0.29, 0.717) is 11.7 Å². The third kappa shape index (κ3) is 1.90. The normalized spacial score (nSPS) is 10.8. The summed E-state index contributed by atoms with van der Waals surface area (Å²) in [5.41, 5.74) is 0. The van der Waals surface area contributed by atoms with E-state index in [2.05, 4.69) is 42.0 Å². The summed E-state index contributed by atoms with van der Waals surface area (Å²) in [6, 6.07) is 1.88. The van der Waals surface area contributed by atoms with Crippen molar-refractivity contribution < 1.29 is 9.63 Å². The fourth-order valence-electron chi connectivity index (χ4n) is 0.870. The summed E-state index contributed by atoms with van der Waals surface area (Å²) >= 11 is 8.21. The van der Waals surface area contributed by atoms with E-state index < -0.39 is 0 Å². The van der Waals surface area contributed by atoms with Gasteiger partial charge in [-0.2, -0.15) is 4.98 Å². The average molecular weight is 340 g/mol. The zero-order valence-corrected chi connectivity index (χ0v) is 10.7. The highest BCUT2D eigenvalue weighted by atomic mass is 79.9. The molecule has 0 fully saturated rings. The van der Waals surface area contributed by atoms with E-state index in [0.717, 1.165) is 13.1 Å². The fourth-order valence-corrected chi connectivity index (χ4v) is 2.83. The van der Waals surface area contributed by atoms with Crippen molar-refractivity contribution >= 4 is 43.2 Å². The standard InChI is InChI=1S/C7H4Br2N2O2S/c8-3-1-4(14-6(3)9)7-10-5(2-12)11-13-7/h1,12H,2H2. The Balaban J connectivity index is 2.39. The van der Waals surface area contributed by atoms with Crippen molar-refractivity contribution in [3.05, 3.63) is 20.1 Å². The van der Waals surface area contributed by atoms with Gasteiger partial charge in [0.15, 0.2) is 5.82 Å². The summed E-state index contributed by atoms with van der Waals surface area (Å²) in [7, 11) is 0. The molecular weight excluding hydrogens is 336 g/mol. The van der Waals surface area contributed by atoms with Crippen LogP contribution in [0.4, 0.5) is 0 Å². The molecule has 7 heteroatoms. The van der Waals surface area contributed by atoms with Gasteiger partial charge in [-0.15, -0.1) is 11.3 Å². The average Bonchev–Trinajstić information content (AvgIpc) is 2.74. The maximum absolute atomic E-state index is 8.76. The molecule has 0 amide bonds. The second-order valence-corrected chi connectivity index (χ2v) is 5.63. The largest absolute Gasteiger partial charge is 0.388 e. The van der Waals surface area contributed by atoms with Gasteiger partial charge in [-0.1, -0.05) is 5.16 Å². The molecule has 4 nitrogen and oxygen atoms in total. The molecule has 1 N–H and O–H groups in total. The Kier molecular flexibility index (Phi) is 3.01. The zero-order valence-electron chi connectivity index (χ0n) is 6.70. The Hall–Kier alpha value is -0.240. The highest BCUT2D eigenvalue weighted by Gasteiger charge is 2.12. The molecule has 2 rings (SSSR count). The van der Waals surface area contributed by atoms with Gasteiger partial charge in [0.05, 0.1) is 8.66 Å². The van der Waals surface area contributed by atoms with Gasteiger partial charge >= 0.3 is 0 Å². The van der Waals surface area contributed by atoms with Gasteiger partial charge in [0, 0.05) is 4.47 Å². The number of nitrogens with zero attached hydrogens (tertiary/aromatic N) is 2. The number of hydrogen-bond acceptors (Lipinski definition) is 5. The lowest BCUT2D eigenvalue weighted by molar-refractivity contribution is 0.264. The minimum atomic E-state index is -0.211. The first-order chi connectivity index (χ1) is 6.70. The van der Waals surface area contributed by atoms with Crippen LogP contribution in [0.2, 0.25) is 0 Å². The first-order valence-electron chi connectivity index (χ1n) is 3.59. The molecule has 74 valence electrons. The molecule has 0 atom stereocenters. The van der Waals surface area contributed by atoms with Crippen LogP contribution in [0.25, 0.3) is 10.8 Å². The van der Waals surface area contributed by atoms with Crippen LogP contribution in [0.3, 0.4) is 0 Å². The lowest BCUT2D eigenvalue weighted by Crippen LogP contribution is -1.83. The molecule has 0 saturated heterocycles. The van der Waals surface area contributed by atoms with Crippen LogP contribution in [-0.4, -0.2) is 15.2 Å². The maximum Gasteiger partial charge on any atom is 0.268 e. The van der Waals surface area contributed by atoms with Crippen molar-refractivity contribution in [3.8, 4) is 10.8 Å². The lowest BCUT2D eigenvalue weighted by atomic mass is 10.5. The minimum Gasteiger partial charge on any atom is -0.388 e. The second-order valence-electron chi connectivity index (χ2n) is 2.41. The van der Waals surface area contributed by atoms with E-state index >= 15 is 0 Å². The highest BCUT2D eigenvalue weighted by Crippen LogP contribution is 2.37. The van der Waals surface area contributed by atoms with E-state index in [1.165, 1.54) is 11.3 Å². The van der Waals surface area contributed by atoms with Crippen LogP contribution in [0.1, 0.15) is 5.82 Å². The summed E-state index contributed by atoms with van der Waals surface area (Å²) in [6.45, 7) is -0.211. The molecule has 0 spiro atoms. The van der Waals surface area contributed by atoms with Crippen LogP contribution >= 0.6 is 43.2 Å². The van der Waals surface area contributed by atoms with Crippen molar-refractivity contribution in [3.63, 3.8) is 0 Å². The highest BCUT2D eigenvalue weighted by molar-refractivity contribution is 9.13. The summed E-state index contributed by atoms with van der Waals surface area (Å²) in [4.78, 5) is 4.85. The molecule has 0 saturated carbocycles. The van der Waals surface area contributed by atoms with Crippen LogP contribution < -0.4 is 0 Å². The molecule has 0 aromatic carbocycles. The van der Waals surface area contributed by atoms with Gasteiger partial charge < -0.3 is 9.63 Å². The molecule has 2 aromatic heterocycles. The summed E-state index contributed by atoms with van der Waals surface area (Å²) in [5, 5.41) is 12.3. The van der Waals surface area contributed by atoms with E-state index in [1.54, 1.807) is 0 Å². The number of halogens is 2. The van der Waals surface area contributed by atoms with Gasteiger partial charge in [0.25, 0.3) is 5.89 Å². The van der Waals surface area contributed by atoms with E-state index in [9.17, 15) is 0 Å². The van der Waals surface area contributed by atoms with Crippen molar-refractivity contribution in [1.29, 1.82) is 0 Å². The second kappa shape index (κ2) is 4.09. The lowest BCUT2D eigenvalue weighted by Gasteiger charge is -1.82. The van der Waals surface area contributed by atoms with Crippen molar-refractivity contribution in [2.45, 2.75) is 6.61 Å². The number of aliphatic hydroxyl groups is 1. The Morgan fingerprint density at radius 1 is 1.50 bits per heavy atom. The Labute approximate surface area is 100 Å². The predicted octanol–water partition coefficient (Wildman–Crippen LogP) is 2.82. The third-order valence-electron chi connectivity index (χ3n) is 1.47. The summed E-state index contributed by atoms with van der Waals surface area (Å²) < 4.78 is 6.87. The monoisotopic (exact) mass is 338 g/mol. The topological polar surface area (TPSA) is 59.2 Å². The third-order valence-corrected chi connectivity index (χ3v) is 4.71. The molecule has 14 heavy (non-hydrogen) atoms. The quantitative estimate of drug-likeness (QED) is 0.914. The zero-order chi connectivity index (χ0) is 10.1. The van der Waals surface area contributed by atoms with Gasteiger partial charge in [0.1, 0.15) is 6.61 Å². The molecule has 2 aromatic rings. The molecule has 0 aliphatic carbocycles. The van der Waals surface area contributed by atoms with Gasteiger partial charge in [-0.25, -0.2) is 0 Å². The first kappa shape index (κ1) is 10.3. The molecule has 0 radical (unpaired) electrons. The van der Waals surface area contributed by atoms with E-state index in [-0.39, 0.29) is 6.61 Å². The van der Waals surface area contributed by atoms with Crippen LogP contribution in [0.15, 0.2) is 18.8 Å². The summed E-state index contributed by atoms with van der Waals surface area (Å²) in [6.07, 6.45) is 0. The Morgan fingerprint density at radius 3 is 2.79 bits per heavy atom. The number of aromatic nitrogens is 2. The van der Waals surface area contributed by atoms with Crippen LogP contribution in [0, 0.1) is 0 Å². The molecule has 2 heterocycles. The fraction of sp³-hybridized carbons (Fsp3) is 0.143. The van der Waals surface area contributed by atoms with Crippen LogP contribution in [-0.2, 0) is 6.61 Å². The van der Waals surface area contributed by atoms with Crippen LogP contribution in [0.5, 0.6) is 0 Å². The van der Waals surface area contributed by atoms with E-state index in [4.69, 9.17) is 9.63 Å². The minimum absolute atomic E-state index is 0.211. The van der Waals surface area contributed by atoms with E-state index in [1.807, 2.05) is 6.07 Å². The molecule has 0 bridgehead atoms. The Bertz CT molecular complexity index is 435. The maximum atomic E-state index is 8.76. The van der Waals surface area contributed by atoms with Gasteiger partial charge in [0.2, 0.25) is 0 Å². The predicted molar refractivity (Wildman–Crippen MR) is 58.9 cm³/mol. The molecule has 0 unspecified atom stereocenters. The number of rotatable bonds is 2. The van der Waals surface area contributed by atoms with Crippen molar-refractivity contribution in [2.75, 3.05) is 0 Å². The smallest absolute Gasteiger partial charge is 0.268 e. The van der Waals surface area contributed by atoms with Crippen molar-refractivity contribution in [1.82, 2.24) is 10.1 Å². The van der Waals surface area contributed by atoms with Gasteiger partial charge in [-0.05, 0) is 37.9 Å². The number of aliphatic hydroxyl groups excluding tert-OH is 1. The molecule has 0 aliphatic rings. The van der Waals surface area contributed by atoms with Gasteiger partial charge in [-0.3, -0.25) is 0 Å².